The number of unbranched alkanes of at least 4 members (excludes halogenated alkanes) is 6. The topological polar surface area (TPSA) is 126 Å². The Morgan fingerprint density at radius 3 is 2.55 bits per heavy atom. The summed E-state index contributed by atoms with van der Waals surface area (Å²) >= 11 is 1.79. The molecular weight excluding hydrogens is 388 g/mol. The number of carbonyl (C=O) groups is 1. The van der Waals surface area contributed by atoms with Crippen molar-refractivity contribution in [3.63, 3.8) is 0 Å². The summed E-state index contributed by atoms with van der Waals surface area (Å²) in [6.45, 7) is 4.97. The quantitative estimate of drug-likeness (QED) is 0.164. The first kappa shape index (κ1) is 26.8. The number of carboxylic acids is 1. The first-order chi connectivity index (χ1) is 14.0. The molecule has 0 atom stereocenters. The van der Waals surface area contributed by atoms with Gasteiger partial charge >= 0.3 is 5.97 Å². The standard InChI is InChI=1S/C10H16N6S.C10H20O2/c1-8-9(16-7-15-8)5-17-4-3-13-10(12-2)14-6-11;1-2-3-4-5-6-7-8-9-10(11)12/h7H,3-5H2,1-2H3,(H,15,16)(H2,12,13,14);2-9H2,1H3,(H,11,12). The van der Waals surface area contributed by atoms with Crippen LogP contribution < -0.4 is 10.6 Å². The summed E-state index contributed by atoms with van der Waals surface area (Å²) in [6.07, 6.45) is 12.1. The molecule has 0 bridgehead atoms. The molecule has 0 aliphatic rings. The van der Waals surface area contributed by atoms with Crippen LogP contribution in [-0.4, -0.2) is 46.3 Å². The van der Waals surface area contributed by atoms with Crippen molar-refractivity contribution in [1.29, 1.82) is 5.26 Å². The van der Waals surface area contributed by atoms with Crippen LogP contribution in [-0.2, 0) is 10.5 Å². The number of imidazole rings is 1. The molecule has 1 rings (SSSR count). The van der Waals surface area contributed by atoms with Crippen molar-refractivity contribution in [2.45, 2.75) is 71.0 Å². The molecule has 0 fully saturated rings. The molecule has 1 aromatic rings. The number of thioether (sulfide) groups is 1. The highest BCUT2D eigenvalue weighted by Gasteiger charge is 2.01. The summed E-state index contributed by atoms with van der Waals surface area (Å²) in [5, 5.41) is 22.6. The third kappa shape index (κ3) is 16.4. The first-order valence-corrected chi connectivity index (χ1v) is 11.4. The monoisotopic (exact) mass is 424 g/mol. The summed E-state index contributed by atoms with van der Waals surface area (Å²) in [5.41, 5.74) is 2.21. The molecule has 4 N–H and O–H groups in total. The highest BCUT2D eigenvalue weighted by atomic mass is 32.2. The molecule has 1 heterocycles. The van der Waals surface area contributed by atoms with Crippen LogP contribution in [0.3, 0.4) is 0 Å². The van der Waals surface area contributed by atoms with Gasteiger partial charge in [-0.05, 0) is 13.3 Å². The molecule has 0 saturated heterocycles. The fourth-order valence-corrected chi connectivity index (χ4v) is 3.29. The zero-order valence-electron chi connectivity index (χ0n) is 18.0. The first-order valence-electron chi connectivity index (χ1n) is 10.2. The molecule has 29 heavy (non-hydrogen) atoms. The van der Waals surface area contributed by atoms with E-state index in [1.54, 1.807) is 31.3 Å². The fourth-order valence-electron chi connectivity index (χ4n) is 2.41. The van der Waals surface area contributed by atoms with Crippen molar-refractivity contribution in [3.8, 4) is 6.19 Å². The normalized spacial score (nSPS) is 10.6. The predicted octanol–water partition coefficient (Wildman–Crippen LogP) is 3.81. The summed E-state index contributed by atoms with van der Waals surface area (Å²) < 4.78 is 0. The zero-order valence-corrected chi connectivity index (χ0v) is 18.8. The molecule has 0 aliphatic carbocycles. The van der Waals surface area contributed by atoms with Gasteiger partial charge in [-0.1, -0.05) is 45.4 Å². The Labute approximate surface area is 179 Å². The number of hydrogen-bond donors (Lipinski definition) is 4. The predicted molar refractivity (Wildman–Crippen MR) is 120 cm³/mol. The maximum absolute atomic E-state index is 10.1. The number of aromatic amines is 1. The van der Waals surface area contributed by atoms with E-state index in [0.29, 0.717) is 12.4 Å². The Morgan fingerprint density at radius 2 is 2.00 bits per heavy atom. The van der Waals surface area contributed by atoms with Crippen LogP contribution in [0.5, 0.6) is 0 Å². The van der Waals surface area contributed by atoms with E-state index in [-0.39, 0.29) is 0 Å². The molecule has 0 spiro atoms. The summed E-state index contributed by atoms with van der Waals surface area (Å²) in [7, 11) is 1.73. The van der Waals surface area contributed by atoms with E-state index in [2.05, 4.69) is 32.5 Å². The molecule has 164 valence electrons. The third-order valence-corrected chi connectivity index (χ3v) is 5.08. The van der Waals surface area contributed by atoms with Gasteiger partial charge < -0.3 is 20.7 Å². The van der Waals surface area contributed by atoms with E-state index in [4.69, 9.17) is 10.4 Å². The van der Waals surface area contributed by atoms with E-state index < -0.39 is 5.97 Å². The van der Waals surface area contributed by atoms with E-state index in [1.165, 1.54) is 32.1 Å². The minimum atomic E-state index is -0.663. The van der Waals surface area contributed by atoms with Crippen LogP contribution in [0, 0.1) is 18.4 Å². The average Bonchev–Trinajstić information content (AvgIpc) is 3.11. The Balaban J connectivity index is 0.000000578. The molecule has 0 aliphatic heterocycles. The van der Waals surface area contributed by atoms with Gasteiger partial charge in [-0.15, -0.1) is 4.99 Å². The number of nitrogens with one attached hydrogen (secondary N) is 3. The molecule has 0 radical (unpaired) electrons. The van der Waals surface area contributed by atoms with Crippen molar-refractivity contribution >= 4 is 23.7 Å². The summed E-state index contributed by atoms with van der Waals surface area (Å²) in [5.74, 6) is 1.66. The van der Waals surface area contributed by atoms with Gasteiger partial charge in [0, 0.05) is 37.2 Å². The van der Waals surface area contributed by atoms with Crippen molar-refractivity contribution in [3.05, 3.63) is 17.7 Å². The lowest BCUT2D eigenvalue weighted by Gasteiger charge is -2.06. The van der Waals surface area contributed by atoms with Crippen LogP contribution in [0.4, 0.5) is 0 Å². The van der Waals surface area contributed by atoms with Crippen LogP contribution in [0.1, 0.15) is 69.7 Å². The second-order valence-electron chi connectivity index (χ2n) is 6.53. The zero-order chi connectivity index (χ0) is 21.7. The van der Waals surface area contributed by atoms with E-state index in [1.807, 2.05) is 6.92 Å². The van der Waals surface area contributed by atoms with Gasteiger partial charge in [0.1, 0.15) is 0 Å². The van der Waals surface area contributed by atoms with Crippen molar-refractivity contribution in [2.75, 3.05) is 19.3 Å². The SMILES string of the molecule is CCCCCCCCCC(=O)O.CN/C(=N/C#N)NCCSCc1nc[nH]c1C. The largest absolute Gasteiger partial charge is 0.481 e. The number of carboxylic acid groups (broad SMARTS) is 1. The maximum atomic E-state index is 10.1. The van der Waals surface area contributed by atoms with Gasteiger partial charge in [0.25, 0.3) is 0 Å². The lowest BCUT2D eigenvalue weighted by molar-refractivity contribution is -0.137. The van der Waals surface area contributed by atoms with Crippen LogP contribution in [0.15, 0.2) is 11.3 Å². The number of hydrogen-bond acceptors (Lipinski definition) is 5. The number of H-pyrrole nitrogens is 1. The highest BCUT2D eigenvalue weighted by molar-refractivity contribution is 7.98. The number of rotatable bonds is 13. The lowest BCUT2D eigenvalue weighted by atomic mass is 10.1. The Morgan fingerprint density at radius 1 is 1.31 bits per heavy atom. The van der Waals surface area contributed by atoms with Gasteiger partial charge in [-0.2, -0.15) is 17.0 Å². The minimum Gasteiger partial charge on any atom is -0.481 e. The number of aliphatic carboxylic acids is 1. The summed E-state index contributed by atoms with van der Waals surface area (Å²) in [6, 6.07) is 0. The van der Waals surface area contributed by atoms with Gasteiger partial charge in [0.05, 0.1) is 12.0 Å². The minimum absolute atomic E-state index is 0.341. The number of nitrogens with zero attached hydrogens (tertiary/aromatic N) is 3. The molecule has 0 saturated carbocycles. The van der Waals surface area contributed by atoms with E-state index in [0.717, 1.165) is 42.3 Å². The molecule has 9 heteroatoms. The molecule has 0 unspecified atom stereocenters. The second kappa shape index (κ2) is 19.1. The Hall–Kier alpha value is -2.21. The average molecular weight is 425 g/mol. The van der Waals surface area contributed by atoms with Crippen LogP contribution in [0.2, 0.25) is 0 Å². The van der Waals surface area contributed by atoms with E-state index >= 15 is 0 Å². The van der Waals surface area contributed by atoms with Crippen molar-refractivity contribution in [2.24, 2.45) is 4.99 Å². The molecule has 0 aromatic carbocycles. The van der Waals surface area contributed by atoms with Gasteiger partial charge in [0.2, 0.25) is 12.2 Å². The molecule has 0 amide bonds. The second-order valence-corrected chi connectivity index (χ2v) is 7.63. The van der Waals surface area contributed by atoms with Crippen LogP contribution in [0.25, 0.3) is 0 Å². The van der Waals surface area contributed by atoms with Gasteiger partial charge in [-0.25, -0.2) is 4.98 Å². The lowest BCUT2D eigenvalue weighted by Crippen LogP contribution is -2.35. The smallest absolute Gasteiger partial charge is 0.303 e. The van der Waals surface area contributed by atoms with Gasteiger partial charge in [-0.3, -0.25) is 4.79 Å². The maximum Gasteiger partial charge on any atom is 0.303 e. The van der Waals surface area contributed by atoms with Crippen molar-refractivity contribution < 1.29 is 9.90 Å². The number of aryl methyl sites for hydroxylation is 1. The number of nitriles is 1. The number of aromatic nitrogens is 2. The summed E-state index contributed by atoms with van der Waals surface area (Å²) in [4.78, 5) is 21.0. The van der Waals surface area contributed by atoms with Gasteiger partial charge in [0.15, 0.2) is 0 Å². The fraction of sp³-hybridized carbons (Fsp3) is 0.700. The molecule has 8 nitrogen and oxygen atoms in total. The molecular formula is C20H36N6O2S. The Kier molecular flexibility index (Phi) is 17.7. The Bertz CT molecular complexity index is 612. The van der Waals surface area contributed by atoms with E-state index in [9.17, 15) is 4.79 Å². The number of aliphatic imine (C=N–C) groups is 1. The third-order valence-electron chi connectivity index (χ3n) is 4.10. The van der Waals surface area contributed by atoms with Crippen molar-refractivity contribution in [1.82, 2.24) is 20.6 Å². The molecule has 1 aromatic heterocycles. The van der Waals surface area contributed by atoms with Crippen LogP contribution >= 0.6 is 11.8 Å². The highest BCUT2D eigenvalue weighted by Crippen LogP contribution is 2.11. The number of guanidine groups is 1.